The predicted molar refractivity (Wildman–Crippen MR) is 46.6 cm³/mol. The molecular weight excluding hydrogens is 156 g/mol. The second kappa shape index (κ2) is 3.70. The molecule has 4 heteroatoms. The van der Waals surface area contributed by atoms with Crippen LogP contribution in [0.1, 0.15) is 20.3 Å². The fourth-order valence-corrected chi connectivity index (χ4v) is 1.39. The van der Waals surface area contributed by atoms with Crippen LogP contribution < -0.4 is 11.5 Å². The summed E-state index contributed by atoms with van der Waals surface area (Å²) in [5, 5.41) is 0. The molecule has 0 aliphatic carbocycles. The zero-order valence-corrected chi connectivity index (χ0v) is 7.75. The van der Waals surface area contributed by atoms with E-state index in [0.29, 0.717) is 13.1 Å². The van der Waals surface area contributed by atoms with Crippen molar-refractivity contribution in [2.75, 3.05) is 13.1 Å². The molecule has 1 rings (SSSR count). The second-order valence-corrected chi connectivity index (χ2v) is 3.27. The minimum atomic E-state index is -0.478. The van der Waals surface area contributed by atoms with Crippen molar-refractivity contribution in [3.8, 4) is 0 Å². The molecule has 0 unspecified atom stereocenters. The maximum atomic E-state index is 5.62. The van der Waals surface area contributed by atoms with Gasteiger partial charge in [0, 0.05) is 13.1 Å². The van der Waals surface area contributed by atoms with Crippen molar-refractivity contribution < 1.29 is 9.47 Å². The van der Waals surface area contributed by atoms with Crippen LogP contribution >= 0.6 is 0 Å². The lowest BCUT2D eigenvalue weighted by atomic mass is 10.2. The molecule has 0 aromatic heterocycles. The molecule has 1 aliphatic rings. The molecule has 0 bridgehead atoms. The van der Waals surface area contributed by atoms with Gasteiger partial charge in [0.15, 0.2) is 5.79 Å². The molecule has 0 aromatic rings. The van der Waals surface area contributed by atoms with Gasteiger partial charge >= 0.3 is 0 Å². The minimum absolute atomic E-state index is 0.0417. The zero-order valence-electron chi connectivity index (χ0n) is 7.75. The van der Waals surface area contributed by atoms with Crippen LogP contribution in [-0.4, -0.2) is 31.1 Å². The van der Waals surface area contributed by atoms with Gasteiger partial charge in [0.25, 0.3) is 0 Å². The highest BCUT2D eigenvalue weighted by atomic mass is 16.8. The summed E-state index contributed by atoms with van der Waals surface area (Å²) in [6.07, 6.45) is 0.736. The molecule has 2 atom stereocenters. The monoisotopic (exact) mass is 174 g/mol. The van der Waals surface area contributed by atoms with Gasteiger partial charge in [-0.15, -0.1) is 0 Å². The molecule has 0 amide bonds. The van der Waals surface area contributed by atoms with E-state index in [0.717, 1.165) is 6.42 Å². The summed E-state index contributed by atoms with van der Waals surface area (Å²) < 4.78 is 11.2. The summed E-state index contributed by atoms with van der Waals surface area (Å²) in [5.74, 6) is -0.478. The maximum Gasteiger partial charge on any atom is 0.166 e. The number of ether oxygens (including phenoxy) is 2. The van der Waals surface area contributed by atoms with Crippen LogP contribution in [0.2, 0.25) is 0 Å². The molecule has 1 aliphatic heterocycles. The summed E-state index contributed by atoms with van der Waals surface area (Å²) in [6, 6.07) is 0. The van der Waals surface area contributed by atoms with Crippen molar-refractivity contribution in [1.82, 2.24) is 0 Å². The number of hydrogen-bond donors (Lipinski definition) is 2. The van der Waals surface area contributed by atoms with E-state index in [2.05, 4.69) is 0 Å². The Kier molecular flexibility index (Phi) is 3.06. The normalized spacial score (nSPS) is 34.0. The van der Waals surface area contributed by atoms with Crippen LogP contribution in [-0.2, 0) is 9.47 Å². The largest absolute Gasteiger partial charge is 0.343 e. The van der Waals surface area contributed by atoms with Crippen LogP contribution in [0.15, 0.2) is 0 Å². The molecule has 4 N–H and O–H groups in total. The third-order valence-electron chi connectivity index (χ3n) is 2.32. The van der Waals surface area contributed by atoms with Crippen LogP contribution in [0, 0.1) is 0 Å². The van der Waals surface area contributed by atoms with E-state index in [1.807, 2.05) is 13.8 Å². The third-order valence-corrected chi connectivity index (χ3v) is 2.32. The van der Waals surface area contributed by atoms with E-state index in [4.69, 9.17) is 20.9 Å². The maximum absolute atomic E-state index is 5.62. The lowest BCUT2D eigenvalue weighted by molar-refractivity contribution is -0.161. The Hall–Kier alpha value is -0.160. The minimum Gasteiger partial charge on any atom is -0.343 e. The molecule has 72 valence electrons. The van der Waals surface area contributed by atoms with Crippen molar-refractivity contribution in [3.63, 3.8) is 0 Å². The van der Waals surface area contributed by atoms with Gasteiger partial charge in [0.1, 0.15) is 12.2 Å². The van der Waals surface area contributed by atoms with Crippen LogP contribution in [0.25, 0.3) is 0 Å². The highest BCUT2D eigenvalue weighted by molar-refractivity contribution is 4.83. The topological polar surface area (TPSA) is 70.5 Å². The van der Waals surface area contributed by atoms with E-state index < -0.39 is 5.79 Å². The standard InChI is InChI=1S/C8H18N2O2/c1-3-8(2)11-6(4-9)7(5-10)12-8/h6-7H,3-5,9-10H2,1-2H3/t6-,7-/m1/s1. The van der Waals surface area contributed by atoms with E-state index in [1.165, 1.54) is 0 Å². The molecule has 4 nitrogen and oxygen atoms in total. The quantitative estimate of drug-likeness (QED) is 0.622. The van der Waals surface area contributed by atoms with Gasteiger partial charge in [-0.2, -0.15) is 0 Å². The van der Waals surface area contributed by atoms with Crippen LogP contribution in [0.4, 0.5) is 0 Å². The SMILES string of the molecule is CCC1(C)O[C@H](CN)[C@@H](CN)O1. The first-order chi connectivity index (χ1) is 5.65. The predicted octanol–water partition coefficient (Wildman–Crippen LogP) is -0.186. The van der Waals surface area contributed by atoms with Gasteiger partial charge in [0.05, 0.1) is 0 Å². The van der Waals surface area contributed by atoms with Crippen LogP contribution in [0.5, 0.6) is 0 Å². The van der Waals surface area contributed by atoms with Crippen molar-refractivity contribution in [2.24, 2.45) is 11.5 Å². The smallest absolute Gasteiger partial charge is 0.166 e. The van der Waals surface area contributed by atoms with E-state index in [1.54, 1.807) is 0 Å². The van der Waals surface area contributed by atoms with Gasteiger partial charge in [0.2, 0.25) is 0 Å². The fraction of sp³-hybridized carbons (Fsp3) is 1.00. The van der Waals surface area contributed by atoms with E-state index >= 15 is 0 Å². The van der Waals surface area contributed by atoms with Crippen molar-refractivity contribution in [2.45, 2.75) is 38.3 Å². The molecule has 0 spiro atoms. The number of rotatable bonds is 3. The Balaban J connectivity index is 2.58. The second-order valence-electron chi connectivity index (χ2n) is 3.27. The van der Waals surface area contributed by atoms with Crippen molar-refractivity contribution in [1.29, 1.82) is 0 Å². The zero-order chi connectivity index (χ0) is 9.19. The molecule has 0 radical (unpaired) electrons. The highest BCUT2D eigenvalue weighted by Crippen LogP contribution is 2.30. The molecule has 0 aromatic carbocycles. The molecule has 0 saturated carbocycles. The number of nitrogens with two attached hydrogens (primary N) is 2. The molecule has 1 heterocycles. The Morgan fingerprint density at radius 1 is 1.17 bits per heavy atom. The Labute approximate surface area is 73.2 Å². The van der Waals surface area contributed by atoms with Gasteiger partial charge < -0.3 is 20.9 Å². The molecule has 12 heavy (non-hydrogen) atoms. The van der Waals surface area contributed by atoms with Crippen molar-refractivity contribution in [3.05, 3.63) is 0 Å². The number of hydrogen-bond acceptors (Lipinski definition) is 4. The Bertz CT molecular complexity index is 140. The van der Waals surface area contributed by atoms with Gasteiger partial charge in [-0.05, 0) is 13.3 Å². The van der Waals surface area contributed by atoms with E-state index in [-0.39, 0.29) is 12.2 Å². The average Bonchev–Trinajstić information content (AvgIpc) is 2.43. The lowest BCUT2D eigenvalue weighted by Crippen LogP contribution is -2.35. The first kappa shape index (κ1) is 9.92. The summed E-state index contributed by atoms with van der Waals surface area (Å²) in [7, 11) is 0. The summed E-state index contributed by atoms with van der Waals surface area (Å²) in [4.78, 5) is 0. The highest BCUT2D eigenvalue weighted by Gasteiger charge is 2.41. The Morgan fingerprint density at radius 2 is 1.58 bits per heavy atom. The molecular formula is C8H18N2O2. The van der Waals surface area contributed by atoms with Gasteiger partial charge in [-0.1, -0.05) is 6.92 Å². The lowest BCUT2D eigenvalue weighted by Gasteiger charge is -2.20. The first-order valence-corrected chi connectivity index (χ1v) is 4.41. The summed E-state index contributed by atoms with van der Waals surface area (Å²) >= 11 is 0. The molecule has 1 fully saturated rings. The van der Waals surface area contributed by atoms with Gasteiger partial charge in [-0.25, -0.2) is 0 Å². The summed E-state index contributed by atoms with van der Waals surface area (Å²) in [5.41, 5.74) is 11.0. The molecule has 1 saturated heterocycles. The van der Waals surface area contributed by atoms with E-state index in [9.17, 15) is 0 Å². The average molecular weight is 174 g/mol. The summed E-state index contributed by atoms with van der Waals surface area (Å²) in [6.45, 7) is 4.88. The van der Waals surface area contributed by atoms with Gasteiger partial charge in [-0.3, -0.25) is 0 Å². The fourth-order valence-electron chi connectivity index (χ4n) is 1.39. The van der Waals surface area contributed by atoms with Crippen LogP contribution in [0.3, 0.4) is 0 Å². The van der Waals surface area contributed by atoms with Crippen molar-refractivity contribution >= 4 is 0 Å². The Morgan fingerprint density at radius 3 is 1.83 bits per heavy atom. The first-order valence-electron chi connectivity index (χ1n) is 4.41. The third kappa shape index (κ3) is 1.77.